The molecule has 2 fully saturated rings. The van der Waals surface area contributed by atoms with E-state index >= 15 is 0 Å². The first kappa shape index (κ1) is 22.2. The van der Waals surface area contributed by atoms with Crippen LogP contribution in [0.2, 0.25) is 0 Å². The summed E-state index contributed by atoms with van der Waals surface area (Å²) in [7, 11) is -1.87. The van der Waals surface area contributed by atoms with Crippen molar-refractivity contribution in [2.75, 3.05) is 33.4 Å². The van der Waals surface area contributed by atoms with Crippen LogP contribution in [0.3, 0.4) is 0 Å². The van der Waals surface area contributed by atoms with E-state index in [4.69, 9.17) is 9.57 Å². The Balaban J connectivity index is 1.82. The van der Waals surface area contributed by atoms with E-state index in [1.165, 1.54) is 9.87 Å². The third kappa shape index (κ3) is 4.66. The fraction of sp³-hybridized carbons (Fsp3) is 0.667. The SMILES string of the molecule is CCOC(=O)[C@@H]1CCCN(S(=O)(=O)[C@H]2CON(C)[C@H]2c2ccc(C(C)C)cc2)C1. The van der Waals surface area contributed by atoms with Gasteiger partial charge in [0.2, 0.25) is 10.0 Å². The Bertz CT molecular complexity index is 809. The average molecular weight is 425 g/mol. The molecule has 2 heterocycles. The minimum Gasteiger partial charge on any atom is -0.466 e. The van der Waals surface area contributed by atoms with Gasteiger partial charge < -0.3 is 4.74 Å². The van der Waals surface area contributed by atoms with Crippen LogP contribution >= 0.6 is 0 Å². The van der Waals surface area contributed by atoms with Gasteiger partial charge in [-0.3, -0.25) is 9.63 Å². The molecular formula is C21H32N2O5S. The van der Waals surface area contributed by atoms with E-state index in [2.05, 4.69) is 13.8 Å². The number of ether oxygens (including phenoxy) is 1. The predicted octanol–water partition coefficient (Wildman–Crippen LogP) is 2.70. The molecule has 0 aromatic heterocycles. The Morgan fingerprint density at radius 2 is 1.97 bits per heavy atom. The van der Waals surface area contributed by atoms with E-state index in [1.807, 2.05) is 24.3 Å². The quantitative estimate of drug-likeness (QED) is 0.654. The summed E-state index contributed by atoms with van der Waals surface area (Å²) in [4.78, 5) is 17.8. The topological polar surface area (TPSA) is 76.1 Å². The van der Waals surface area contributed by atoms with E-state index in [-0.39, 0.29) is 25.2 Å². The zero-order chi connectivity index (χ0) is 21.2. The monoisotopic (exact) mass is 424 g/mol. The molecule has 1 aromatic rings. The first-order valence-electron chi connectivity index (χ1n) is 10.4. The molecule has 2 aliphatic heterocycles. The third-order valence-electron chi connectivity index (χ3n) is 5.88. The maximum atomic E-state index is 13.5. The summed E-state index contributed by atoms with van der Waals surface area (Å²) in [6.07, 6.45) is 1.31. The van der Waals surface area contributed by atoms with Gasteiger partial charge in [0, 0.05) is 20.1 Å². The van der Waals surface area contributed by atoms with Crippen molar-refractivity contribution >= 4 is 16.0 Å². The number of rotatable bonds is 6. The summed E-state index contributed by atoms with van der Waals surface area (Å²) in [6.45, 7) is 7.04. The van der Waals surface area contributed by atoms with Crippen molar-refractivity contribution in [3.63, 3.8) is 0 Å². The standard InChI is InChI=1S/C21H32N2O5S/c1-5-27-21(24)18-7-6-12-23(13-18)29(25,26)19-14-28-22(4)20(19)17-10-8-16(9-11-17)15(2)3/h8-11,15,18-20H,5-7,12-14H2,1-4H3/t18-,19+,20+/m1/s1. The molecule has 0 spiro atoms. The number of nitrogens with zero attached hydrogens (tertiary/aromatic N) is 2. The molecule has 162 valence electrons. The maximum Gasteiger partial charge on any atom is 0.310 e. The van der Waals surface area contributed by atoms with Crippen LogP contribution in [-0.4, -0.2) is 62.4 Å². The van der Waals surface area contributed by atoms with E-state index in [1.54, 1.807) is 19.0 Å². The fourth-order valence-electron chi connectivity index (χ4n) is 4.17. The minimum atomic E-state index is -3.64. The van der Waals surface area contributed by atoms with Gasteiger partial charge in [-0.15, -0.1) is 0 Å². The first-order valence-corrected chi connectivity index (χ1v) is 11.9. The van der Waals surface area contributed by atoms with Crippen molar-refractivity contribution in [2.24, 2.45) is 5.92 Å². The van der Waals surface area contributed by atoms with Gasteiger partial charge in [-0.1, -0.05) is 38.1 Å². The summed E-state index contributed by atoms with van der Waals surface area (Å²) < 4.78 is 33.5. The van der Waals surface area contributed by atoms with Gasteiger partial charge in [-0.05, 0) is 36.8 Å². The lowest BCUT2D eigenvalue weighted by Gasteiger charge is -2.34. The van der Waals surface area contributed by atoms with Gasteiger partial charge in [-0.25, -0.2) is 12.7 Å². The second kappa shape index (κ2) is 9.12. The average Bonchev–Trinajstić information content (AvgIpc) is 3.10. The van der Waals surface area contributed by atoms with Gasteiger partial charge in [0.05, 0.1) is 25.2 Å². The maximum absolute atomic E-state index is 13.5. The number of sulfonamides is 1. The summed E-state index contributed by atoms with van der Waals surface area (Å²) in [5.41, 5.74) is 2.13. The molecule has 3 atom stereocenters. The van der Waals surface area contributed by atoms with Crippen LogP contribution in [-0.2, 0) is 24.4 Å². The molecule has 1 aromatic carbocycles. The van der Waals surface area contributed by atoms with Gasteiger partial charge in [-0.2, -0.15) is 5.06 Å². The zero-order valence-electron chi connectivity index (χ0n) is 17.7. The molecule has 0 N–H and O–H groups in total. The molecule has 3 rings (SSSR count). The molecular weight excluding hydrogens is 392 g/mol. The normalized spacial score (nSPS) is 26.7. The lowest BCUT2D eigenvalue weighted by atomic mass is 9.98. The number of esters is 1. The smallest absolute Gasteiger partial charge is 0.310 e. The van der Waals surface area contributed by atoms with E-state index in [0.29, 0.717) is 31.9 Å². The van der Waals surface area contributed by atoms with E-state index < -0.39 is 21.2 Å². The van der Waals surface area contributed by atoms with Crippen LogP contribution in [0.4, 0.5) is 0 Å². The zero-order valence-corrected chi connectivity index (χ0v) is 18.5. The van der Waals surface area contributed by atoms with Gasteiger partial charge in [0.15, 0.2) is 0 Å². The van der Waals surface area contributed by atoms with Crippen molar-refractivity contribution in [1.82, 2.24) is 9.37 Å². The molecule has 0 bridgehead atoms. The van der Waals surface area contributed by atoms with Crippen molar-refractivity contribution < 1.29 is 22.8 Å². The van der Waals surface area contributed by atoms with Crippen LogP contribution < -0.4 is 0 Å². The molecule has 8 heteroatoms. The highest BCUT2D eigenvalue weighted by molar-refractivity contribution is 7.89. The van der Waals surface area contributed by atoms with E-state index in [0.717, 1.165) is 5.56 Å². The molecule has 0 radical (unpaired) electrons. The van der Waals surface area contributed by atoms with Crippen LogP contribution in [0.25, 0.3) is 0 Å². The number of benzene rings is 1. The lowest BCUT2D eigenvalue weighted by Crippen LogP contribution is -2.48. The summed E-state index contributed by atoms with van der Waals surface area (Å²) in [5, 5.41) is 0.928. The molecule has 7 nitrogen and oxygen atoms in total. The van der Waals surface area contributed by atoms with Crippen LogP contribution in [0, 0.1) is 5.92 Å². The number of piperidine rings is 1. The Labute approximate surface area is 174 Å². The molecule has 0 saturated carbocycles. The number of hydrogen-bond donors (Lipinski definition) is 0. The summed E-state index contributed by atoms with van der Waals surface area (Å²) >= 11 is 0. The molecule has 0 unspecified atom stereocenters. The van der Waals surface area contributed by atoms with Crippen molar-refractivity contribution in [2.45, 2.75) is 50.8 Å². The Morgan fingerprint density at radius 1 is 1.28 bits per heavy atom. The second-order valence-electron chi connectivity index (χ2n) is 8.14. The van der Waals surface area contributed by atoms with Crippen molar-refractivity contribution in [1.29, 1.82) is 0 Å². The van der Waals surface area contributed by atoms with Gasteiger partial charge >= 0.3 is 5.97 Å². The third-order valence-corrected chi connectivity index (χ3v) is 8.09. The largest absolute Gasteiger partial charge is 0.466 e. The number of carbonyl (C=O) groups excluding carboxylic acids is 1. The minimum absolute atomic E-state index is 0.107. The summed E-state index contributed by atoms with van der Waals surface area (Å²) in [6, 6.07) is 7.70. The van der Waals surface area contributed by atoms with Crippen LogP contribution in [0.1, 0.15) is 56.7 Å². The van der Waals surface area contributed by atoms with Crippen LogP contribution in [0.15, 0.2) is 24.3 Å². The van der Waals surface area contributed by atoms with Crippen LogP contribution in [0.5, 0.6) is 0 Å². The van der Waals surface area contributed by atoms with Gasteiger partial charge in [0.1, 0.15) is 5.25 Å². The van der Waals surface area contributed by atoms with Gasteiger partial charge in [0.25, 0.3) is 0 Å². The number of carbonyl (C=O) groups is 1. The Morgan fingerprint density at radius 3 is 2.59 bits per heavy atom. The summed E-state index contributed by atoms with van der Waals surface area (Å²) in [5.74, 6) is -0.301. The van der Waals surface area contributed by atoms with Crippen molar-refractivity contribution in [3.05, 3.63) is 35.4 Å². The second-order valence-corrected chi connectivity index (χ2v) is 10.3. The Hall–Kier alpha value is -1.48. The molecule has 2 saturated heterocycles. The molecule has 2 aliphatic rings. The lowest BCUT2D eigenvalue weighted by molar-refractivity contribution is -0.149. The molecule has 0 aliphatic carbocycles. The number of hydroxylamine groups is 2. The first-order chi connectivity index (χ1) is 13.8. The highest BCUT2D eigenvalue weighted by Crippen LogP contribution is 2.36. The molecule has 29 heavy (non-hydrogen) atoms. The fourth-order valence-corrected chi connectivity index (χ4v) is 6.21. The number of hydrogen-bond acceptors (Lipinski definition) is 6. The highest BCUT2D eigenvalue weighted by atomic mass is 32.2. The predicted molar refractivity (Wildman–Crippen MR) is 111 cm³/mol. The van der Waals surface area contributed by atoms with Crippen molar-refractivity contribution in [3.8, 4) is 0 Å². The molecule has 0 amide bonds. The highest BCUT2D eigenvalue weighted by Gasteiger charge is 2.47. The Kier molecular flexibility index (Phi) is 6.98. The van der Waals surface area contributed by atoms with E-state index in [9.17, 15) is 13.2 Å².